The fourth-order valence-electron chi connectivity index (χ4n) is 4.38. The standard InChI is InChI=1S/C23H30N4O4S/c1-16(2)31-23(28)26-9-6-17(7-10-26)12-19-14-22(25-15-24-19)27-11-8-18-13-20(32(3,29)30)4-5-21(18)27/h4-5,13-17H,6-12H2,1-3H3. The molecule has 4 rings (SSSR count). The van der Waals surface area contributed by atoms with Gasteiger partial charge >= 0.3 is 6.09 Å². The second-order valence-corrected chi connectivity index (χ2v) is 10.9. The Morgan fingerprint density at radius 2 is 1.91 bits per heavy atom. The van der Waals surface area contributed by atoms with E-state index < -0.39 is 9.84 Å². The molecule has 3 heterocycles. The van der Waals surface area contributed by atoms with E-state index >= 15 is 0 Å². The summed E-state index contributed by atoms with van der Waals surface area (Å²) in [6.45, 7) is 5.89. The van der Waals surface area contributed by atoms with Crippen LogP contribution >= 0.6 is 0 Å². The maximum absolute atomic E-state index is 12.1. The van der Waals surface area contributed by atoms with Crippen LogP contribution in [0.5, 0.6) is 0 Å². The highest BCUT2D eigenvalue weighted by molar-refractivity contribution is 7.90. The van der Waals surface area contributed by atoms with E-state index in [0.29, 0.717) is 23.9 Å². The zero-order valence-corrected chi connectivity index (χ0v) is 19.6. The van der Waals surface area contributed by atoms with Crippen molar-refractivity contribution in [1.82, 2.24) is 14.9 Å². The Balaban J connectivity index is 1.41. The van der Waals surface area contributed by atoms with E-state index in [4.69, 9.17) is 4.74 Å². The van der Waals surface area contributed by atoms with Crippen LogP contribution in [0.2, 0.25) is 0 Å². The van der Waals surface area contributed by atoms with E-state index in [2.05, 4.69) is 14.9 Å². The van der Waals surface area contributed by atoms with Crippen LogP contribution in [0.3, 0.4) is 0 Å². The molecule has 0 atom stereocenters. The third kappa shape index (κ3) is 5.03. The summed E-state index contributed by atoms with van der Waals surface area (Å²) < 4.78 is 29.0. The van der Waals surface area contributed by atoms with E-state index in [1.165, 1.54) is 6.26 Å². The molecular weight excluding hydrogens is 428 g/mol. The number of hydrogen-bond acceptors (Lipinski definition) is 7. The van der Waals surface area contributed by atoms with Crippen LogP contribution in [0.15, 0.2) is 35.5 Å². The number of carbonyl (C=O) groups is 1. The van der Waals surface area contributed by atoms with Crippen molar-refractivity contribution in [1.29, 1.82) is 0 Å². The minimum absolute atomic E-state index is 0.103. The van der Waals surface area contributed by atoms with Crippen LogP contribution < -0.4 is 4.90 Å². The summed E-state index contributed by atoms with van der Waals surface area (Å²) in [5, 5.41) is 0. The van der Waals surface area contributed by atoms with Gasteiger partial charge in [0.25, 0.3) is 0 Å². The molecule has 0 saturated carbocycles. The molecule has 1 amide bonds. The maximum Gasteiger partial charge on any atom is 0.410 e. The van der Waals surface area contributed by atoms with Crippen LogP contribution in [0.25, 0.3) is 0 Å². The monoisotopic (exact) mass is 458 g/mol. The minimum Gasteiger partial charge on any atom is -0.447 e. The van der Waals surface area contributed by atoms with Gasteiger partial charge in [-0.2, -0.15) is 0 Å². The largest absolute Gasteiger partial charge is 0.447 e. The number of ether oxygens (including phenoxy) is 1. The van der Waals surface area contributed by atoms with Crippen LogP contribution in [0, 0.1) is 5.92 Å². The normalized spacial score (nSPS) is 17.0. The lowest BCUT2D eigenvalue weighted by molar-refractivity contribution is 0.0653. The van der Waals surface area contributed by atoms with Crippen LogP contribution in [0.4, 0.5) is 16.3 Å². The number of hydrogen-bond donors (Lipinski definition) is 0. The quantitative estimate of drug-likeness (QED) is 0.678. The molecule has 1 fully saturated rings. The second kappa shape index (κ2) is 9.05. The smallest absolute Gasteiger partial charge is 0.410 e. The number of carbonyl (C=O) groups excluding carboxylic acids is 1. The van der Waals surface area contributed by atoms with Crippen molar-refractivity contribution in [2.45, 2.75) is 50.5 Å². The number of rotatable bonds is 5. The molecule has 1 aromatic carbocycles. The minimum atomic E-state index is -3.22. The third-order valence-corrected chi connectivity index (χ3v) is 7.18. The summed E-state index contributed by atoms with van der Waals surface area (Å²) in [6, 6.07) is 7.32. The molecule has 2 aliphatic heterocycles. The van der Waals surface area contributed by atoms with Gasteiger partial charge < -0.3 is 14.5 Å². The predicted molar refractivity (Wildman–Crippen MR) is 122 cm³/mol. The lowest BCUT2D eigenvalue weighted by Crippen LogP contribution is -2.40. The van der Waals surface area contributed by atoms with Crippen molar-refractivity contribution in [3.63, 3.8) is 0 Å². The molecule has 9 heteroatoms. The zero-order valence-electron chi connectivity index (χ0n) is 18.8. The summed E-state index contributed by atoms with van der Waals surface area (Å²) in [6.07, 6.45) is 5.97. The SMILES string of the molecule is CC(C)OC(=O)N1CCC(Cc2cc(N3CCc4cc(S(C)(=O)=O)ccc43)ncn2)CC1. The number of anilines is 2. The highest BCUT2D eigenvalue weighted by atomic mass is 32.2. The first-order valence-electron chi connectivity index (χ1n) is 11.1. The van der Waals surface area contributed by atoms with E-state index in [1.54, 1.807) is 23.4 Å². The number of fused-ring (bicyclic) bond motifs is 1. The Hall–Kier alpha value is -2.68. The maximum atomic E-state index is 12.1. The van der Waals surface area contributed by atoms with Crippen molar-refractivity contribution in [2.75, 3.05) is 30.8 Å². The number of likely N-dealkylation sites (tertiary alicyclic amines) is 1. The lowest BCUT2D eigenvalue weighted by Gasteiger charge is -2.31. The molecule has 2 aromatic rings. The van der Waals surface area contributed by atoms with Gasteiger partial charge in [-0.15, -0.1) is 0 Å². The summed E-state index contributed by atoms with van der Waals surface area (Å²) in [4.78, 5) is 25.3. The van der Waals surface area contributed by atoms with Gasteiger partial charge in [0.1, 0.15) is 12.1 Å². The third-order valence-electron chi connectivity index (χ3n) is 6.07. The van der Waals surface area contributed by atoms with Crippen LogP contribution in [-0.4, -0.2) is 61.4 Å². The van der Waals surface area contributed by atoms with E-state index in [0.717, 1.165) is 55.0 Å². The Bertz CT molecular complexity index is 1090. The average Bonchev–Trinajstić information content (AvgIpc) is 3.17. The first-order chi connectivity index (χ1) is 15.2. The molecule has 172 valence electrons. The number of aromatic nitrogens is 2. The molecule has 1 saturated heterocycles. The molecular formula is C23H30N4O4S. The van der Waals surface area contributed by atoms with Crippen LogP contribution in [0.1, 0.15) is 37.9 Å². The first kappa shape index (κ1) is 22.5. The average molecular weight is 459 g/mol. The molecule has 0 N–H and O–H groups in total. The molecule has 0 unspecified atom stereocenters. The highest BCUT2D eigenvalue weighted by Crippen LogP contribution is 2.35. The van der Waals surface area contributed by atoms with E-state index in [9.17, 15) is 13.2 Å². The lowest BCUT2D eigenvalue weighted by atomic mass is 9.92. The Morgan fingerprint density at radius 1 is 1.16 bits per heavy atom. The van der Waals surface area contributed by atoms with Crippen molar-refractivity contribution < 1.29 is 17.9 Å². The number of benzene rings is 1. The Morgan fingerprint density at radius 3 is 2.59 bits per heavy atom. The van der Waals surface area contributed by atoms with Gasteiger partial charge in [-0.05, 0) is 69.2 Å². The fraction of sp³-hybridized carbons (Fsp3) is 0.522. The van der Waals surface area contributed by atoms with Gasteiger partial charge in [-0.1, -0.05) is 0 Å². The topological polar surface area (TPSA) is 92.7 Å². The van der Waals surface area contributed by atoms with Crippen molar-refractivity contribution in [3.8, 4) is 0 Å². The Labute approximate surface area is 189 Å². The zero-order chi connectivity index (χ0) is 22.9. The van der Waals surface area contributed by atoms with Gasteiger partial charge in [-0.25, -0.2) is 23.2 Å². The summed E-state index contributed by atoms with van der Waals surface area (Å²) in [7, 11) is -3.22. The van der Waals surface area contributed by atoms with Gasteiger partial charge in [0, 0.05) is 43.3 Å². The van der Waals surface area contributed by atoms with Crippen LogP contribution in [-0.2, 0) is 27.4 Å². The molecule has 8 nitrogen and oxygen atoms in total. The van der Waals surface area contributed by atoms with Crippen molar-refractivity contribution in [3.05, 3.63) is 41.9 Å². The predicted octanol–water partition coefficient (Wildman–Crippen LogP) is 3.37. The van der Waals surface area contributed by atoms with Gasteiger partial charge in [-0.3, -0.25) is 0 Å². The highest BCUT2D eigenvalue weighted by Gasteiger charge is 2.26. The molecule has 2 aliphatic rings. The number of amides is 1. The number of nitrogens with zero attached hydrogens (tertiary/aromatic N) is 4. The molecule has 0 radical (unpaired) electrons. The molecule has 0 bridgehead atoms. The van der Waals surface area contributed by atoms with E-state index in [-0.39, 0.29) is 12.2 Å². The van der Waals surface area contributed by atoms with E-state index in [1.807, 2.05) is 26.0 Å². The molecule has 1 aromatic heterocycles. The van der Waals surface area contributed by atoms with Gasteiger partial charge in [0.05, 0.1) is 11.0 Å². The Kier molecular flexibility index (Phi) is 6.37. The first-order valence-corrected chi connectivity index (χ1v) is 13.0. The van der Waals surface area contributed by atoms with Gasteiger partial charge in [0.2, 0.25) is 0 Å². The van der Waals surface area contributed by atoms with Crippen molar-refractivity contribution in [2.24, 2.45) is 5.92 Å². The van der Waals surface area contributed by atoms with Gasteiger partial charge in [0.15, 0.2) is 9.84 Å². The number of piperidine rings is 1. The summed E-state index contributed by atoms with van der Waals surface area (Å²) >= 11 is 0. The fourth-order valence-corrected chi connectivity index (χ4v) is 5.05. The molecule has 32 heavy (non-hydrogen) atoms. The summed E-state index contributed by atoms with van der Waals surface area (Å²) in [5.41, 5.74) is 3.01. The molecule has 0 spiro atoms. The van der Waals surface area contributed by atoms with Crippen molar-refractivity contribution >= 4 is 27.4 Å². The summed E-state index contributed by atoms with van der Waals surface area (Å²) in [5.74, 6) is 1.29. The molecule has 0 aliphatic carbocycles. The second-order valence-electron chi connectivity index (χ2n) is 8.90. The number of sulfone groups is 1.